The number of aromatic nitrogens is 1. The monoisotopic (exact) mass is 548 g/mol. The van der Waals surface area contributed by atoms with Crippen LogP contribution in [0.15, 0.2) is 114 Å². The number of aryl methyl sites for hydroxylation is 1. The zero-order valence-electron chi connectivity index (χ0n) is 21.3. The number of hydrogen-bond donors (Lipinski definition) is 0. The highest BCUT2D eigenvalue weighted by Crippen LogP contribution is 2.61. The molecule has 0 spiro atoms. The summed E-state index contributed by atoms with van der Waals surface area (Å²) >= 11 is 8.73. The molecule has 2 aliphatic rings. The van der Waals surface area contributed by atoms with Gasteiger partial charge in [-0.15, -0.1) is 23.4 Å². The van der Waals surface area contributed by atoms with Crippen molar-refractivity contribution in [1.82, 2.24) is 4.98 Å². The number of fused-ring (bicyclic) bond motifs is 4. The summed E-state index contributed by atoms with van der Waals surface area (Å²) in [5.74, 6) is 1.23. The lowest BCUT2D eigenvalue weighted by molar-refractivity contribution is -0.127. The maximum Gasteiger partial charge on any atom is 0.248 e. The molecule has 0 radical (unpaired) electrons. The van der Waals surface area contributed by atoms with E-state index in [4.69, 9.17) is 21.3 Å². The normalized spacial score (nSPS) is 22.0. The van der Waals surface area contributed by atoms with Crippen LogP contribution >= 0.6 is 23.4 Å². The largest absolute Gasteiger partial charge is 0.439 e. The van der Waals surface area contributed by atoms with Gasteiger partial charge in [0.15, 0.2) is 0 Å². The van der Waals surface area contributed by atoms with Crippen LogP contribution in [-0.2, 0) is 10.3 Å². The number of pyridine rings is 1. The Morgan fingerprint density at radius 3 is 2.44 bits per heavy atom. The highest BCUT2D eigenvalue weighted by atomic mass is 35.5. The molecule has 0 N–H and O–H groups in total. The third kappa shape index (κ3) is 3.91. The Kier molecular flexibility index (Phi) is 5.87. The Morgan fingerprint density at radius 2 is 1.64 bits per heavy atom. The van der Waals surface area contributed by atoms with E-state index in [-0.39, 0.29) is 11.2 Å². The molecule has 2 aliphatic heterocycles. The van der Waals surface area contributed by atoms with Crippen LogP contribution in [0.25, 0.3) is 10.9 Å². The zero-order chi connectivity index (χ0) is 26.6. The summed E-state index contributed by atoms with van der Waals surface area (Å²) in [7, 11) is 0. The van der Waals surface area contributed by atoms with Crippen molar-refractivity contribution in [3.63, 3.8) is 0 Å². The molecule has 3 unspecified atom stereocenters. The zero-order valence-corrected chi connectivity index (χ0v) is 22.8. The van der Waals surface area contributed by atoms with Crippen molar-refractivity contribution in [2.45, 2.75) is 34.4 Å². The van der Waals surface area contributed by atoms with Crippen LogP contribution in [-0.4, -0.2) is 16.3 Å². The van der Waals surface area contributed by atoms with Gasteiger partial charge in [0.2, 0.25) is 11.8 Å². The van der Waals surface area contributed by atoms with E-state index in [0.717, 1.165) is 38.4 Å². The molecule has 5 aromatic rings. The maximum atomic E-state index is 13.4. The van der Waals surface area contributed by atoms with Gasteiger partial charge in [0.1, 0.15) is 11.1 Å². The van der Waals surface area contributed by atoms with Crippen molar-refractivity contribution in [3.8, 4) is 11.6 Å². The number of hydrogen-bond acceptors (Lipinski definition) is 4. The molecule has 1 aromatic heterocycles. The number of alkyl halides is 1. The first-order chi connectivity index (χ1) is 19.0. The number of β-lactam (4-membered cyclic amide) rings is 1. The molecular formula is C33H25ClN2O2S. The van der Waals surface area contributed by atoms with E-state index in [1.807, 2.05) is 77.7 Å². The first kappa shape index (κ1) is 24.3. The molecule has 0 aliphatic carbocycles. The number of carbonyl (C=O) groups excluding carboxylic acids is 1. The fraction of sp³-hybridized carbons (Fsp3) is 0.152. The third-order valence-corrected chi connectivity index (χ3v) is 9.52. The summed E-state index contributed by atoms with van der Waals surface area (Å²) in [6, 6.07) is 36.5. The molecule has 4 nitrogen and oxygen atoms in total. The summed E-state index contributed by atoms with van der Waals surface area (Å²) < 4.78 is 6.46. The topological polar surface area (TPSA) is 42.4 Å². The summed E-state index contributed by atoms with van der Waals surface area (Å²) in [6.45, 7) is 2.09. The van der Waals surface area contributed by atoms with Gasteiger partial charge in [-0.05, 0) is 61.4 Å². The quantitative estimate of drug-likeness (QED) is 0.167. The van der Waals surface area contributed by atoms with Crippen molar-refractivity contribution >= 4 is 45.9 Å². The number of halogens is 1. The van der Waals surface area contributed by atoms with Gasteiger partial charge in [-0.1, -0.05) is 72.3 Å². The molecule has 4 aromatic carbocycles. The Balaban J connectivity index is 1.45. The number of para-hydroxylation sites is 2. The van der Waals surface area contributed by atoms with Gasteiger partial charge in [-0.2, -0.15) is 0 Å². The van der Waals surface area contributed by atoms with Gasteiger partial charge < -0.3 is 4.74 Å². The van der Waals surface area contributed by atoms with Crippen molar-refractivity contribution in [2.24, 2.45) is 0 Å². The SMILES string of the molecule is Cc1ccc2nc(Oc3ccccc3)c(C3CC4(c5ccccc5)C(Cl)C(=O)N4c4ccccc4S3)cc2c1. The number of thioether (sulfide) groups is 1. The molecule has 3 heterocycles. The second-order valence-electron chi connectivity index (χ2n) is 10.1. The molecule has 0 saturated carbocycles. The van der Waals surface area contributed by atoms with Crippen LogP contribution in [0.2, 0.25) is 0 Å². The summed E-state index contributed by atoms with van der Waals surface area (Å²) in [5.41, 5.74) is 4.26. The molecule has 39 heavy (non-hydrogen) atoms. The van der Waals surface area contributed by atoms with Crippen LogP contribution < -0.4 is 9.64 Å². The Labute approximate surface area is 236 Å². The highest BCUT2D eigenvalue weighted by Gasteiger charge is 2.63. The predicted octanol–water partition coefficient (Wildman–Crippen LogP) is 8.42. The van der Waals surface area contributed by atoms with Crippen LogP contribution in [0.4, 0.5) is 5.69 Å². The van der Waals surface area contributed by atoms with E-state index < -0.39 is 10.9 Å². The molecule has 192 valence electrons. The molecule has 7 rings (SSSR count). The van der Waals surface area contributed by atoms with E-state index in [1.165, 1.54) is 5.56 Å². The lowest BCUT2D eigenvalue weighted by Crippen LogP contribution is -2.70. The summed E-state index contributed by atoms with van der Waals surface area (Å²) in [4.78, 5) is 21.4. The minimum Gasteiger partial charge on any atom is -0.439 e. The minimum atomic E-state index is -0.699. The van der Waals surface area contributed by atoms with Crippen molar-refractivity contribution in [2.75, 3.05) is 4.90 Å². The lowest BCUT2D eigenvalue weighted by Gasteiger charge is -2.55. The number of benzene rings is 4. The van der Waals surface area contributed by atoms with Crippen LogP contribution in [0.5, 0.6) is 11.6 Å². The van der Waals surface area contributed by atoms with E-state index in [0.29, 0.717) is 12.3 Å². The maximum absolute atomic E-state index is 13.4. The molecular weight excluding hydrogens is 524 g/mol. The van der Waals surface area contributed by atoms with Crippen LogP contribution in [0.1, 0.15) is 28.4 Å². The summed E-state index contributed by atoms with van der Waals surface area (Å²) in [6.07, 6.45) is 0.612. The fourth-order valence-corrected chi connectivity index (χ4v) is 7.60. The number of anilines is 1. The first-order valence-corrected chi connectivity index (χ1v) is 14.3. The van der Waals surface area contributed by atoms with Crippen molar-refractivity contribution in [1.29, 1.82) is 0 Å². The third-order valence-electron chi connectivity index (χ3n) is 7.67. The molecule has 1 fully saturated rings. The van der Waals surface area contributed by atoms with Gasteiger partial charge in [0.25, 0.3) is 0 Å². The van der Waals surface area contributed by atoms with Gasteiger partial charge in [-0.3, -0.25) is 9.69 Å². The van der Waals surface area contributed by atoms with E-state index >= 15 is 0 Å². The Hall–Kier alpha value is -3.80. The number of amides is 1. The van der Waals surface area contributed by atoms with Crippen LogP contribution in [0.3, 0.4) is 0 Å². The van der Waals surface area contributed by atoms with E-state index in [1.54, 1.807) is 11.8 Å². The first-order valence-electron chi connectivity index (χ1n) is 13.0. The molecule has 3 atom stereocenters. The van der Waals surface area contributed by atoms with Gasteiger partial charge in [0, 0.05) is 21.1 Å². The highest BCUT2D eigenvalue weighted by molar-refractivity contribution is 7.99. The van der Waals surface area contributed by atoms with Crippen molar-refractivity contribution in [3.05, 3.63) is 126 Å². The molecule has 1 amide bonds. The van der Waals surface area contributed by atoms with Gasteiger partial charge >= 0.3 is 0 Å². The van der Waals surface area contributed by atoms with E-state index in [9.17, 15) is 4.79 Å². The minimum absolute atomic E-state index is 0.0674. The number of carbonyl (C=O) groups is 1. The second kappa shape index (κ2) is 9.44. The lowest BCUT2D eigenvalue weighted by atomic mass is 9.72. The van der Waals surface area contributed by atoms with Gasteiger partial charge in [0.05, 0.1) is 16.7 Å². The number of ether oxygens (including phenoxy) is 1. The smallest absolute Gasteiger partial charge is 0.248 e. The molecule has 1 saturated heterocycles. The van der Waals surface area contributed by atoms with Gasteiger partial charge in [-0.25, -0.2) is 4.98 Å². The second-order valence-corrected chi connectivity index (χ2v) is 11.8. The standard InChI is InChI=1S/C33H25ClN2O2S/c1-21-16-17-26-22(18-21)19-25(31(35-26)38-24-12-6-3-7-13-24)29-20-33(23-10-4-2-5-11-23)30(34)32(37)36(33)27-14-8-9-15-28(27)39-29/h2-19,29-30H,20H2,1H3. The average Bonchev–Trinajstić information content (AvgIpc) is 3.11. The Bertz CT molecular complexity index is 1710. The number of nitrogens with zero attached hydrogens (tertiary/aromatic N) is 2. The molecule has 6 heteroatoms. The van der Waals surface area contributed by atoms with Crippen LogP contribution in [0, 0.1) is 6.92 Å². The predicted molar refractivity (Wildman–Crippen MR) is 158 cm³/mol. The Morgan fingerprint density at radius 1 is 0.923 bits per heavy atom. The fourth-order valence-electron chi connectivity index (χ4n) is 5.81. The molecule has 0 bridgehead atoms. The van der Waals surface area contributed by atoms with E-state index in [2.05, 4.69) is 43.3 Å². The van der Waals surface area contributed by atoms with Crippen molar-refractivity contribution < 1.29 is 9.53 Å². The number of rotatable bonds is 4. The average molecular weight is 549 g/mol. The summed E-state index contributed by atoms with van der Waals surface area (Å²) in [5, 5.41) is 0.298.